The summed E-state index contributed by atoms with van der Waals surface area (Å²) in [6, 6.07) is 15.1. The maximum absolute atomic E-state index is 12.6. The molecule has 28 heavy (non-hydrogen) atoms. The van der Waals surface area contributed by atoms with Gasteiger partial charge in [0.1, 0.15) is 5.75 Å². The lowest BCUT2D eigenvalue weighted by molar-refractivity contribution is -0.133. The number of hydrogen-bond donors (Lipinski definition) is 0. The third-order valence-corrected chi connectivity index (χ3v) is 5.24. The number of rotatable bonds is 4. The Kier molecular flexibility index (Phi) is 4.82. The Morgan fingerprint density at radius 3 is 2.75 bits per heavy atom. The normalized spacial score (nSPS) is 13.9. The summed E-state index contributed by atoms with van der Waals surface area (Å²) in [6.45, 7) is 4.64. The highest BCUT2D eigenvalue weighted by Crippen LogP contribution is 2.27. The van der Waals surface area contributed by atoms with Gasteiger partial charge in [0.05, 0.1) is 11.9 Å². The molecule has 0 atom stereocenters. The number of hydrogen-bond acceptors (Lipinski definition) is 4. The average molecular weight is 374 g/mol. The fraction of sp³-hybridized carbons (Fsp3) is 0.261. The fourth-order valence-electron chi connectivity index (χ4n) is 3.78. The van der Waals surface area contributed by atoms with E-state index in [1.807, 2.05) is 44.2 Å². The number of fused-ring (bicyclic) bond motifs is 1. The number of pyridine rings is 1. The first-order valence-electron chi connectivity index (χ1n) is 9.49. The maximum Gasteiger partial charge on any atom is 0.315 e. The van der Waals surface area contributed by atoms with Crippen molar-refractivity contribution in [3.05, 3.63) is 65.4 Å². The van der Waals surface area contributed by atoms with Crippen molar-refractivity contribution in [3.8, 4) is 5.75 Å². The number of aromatic nitrogens is 1. The quantitative estimate of drug-likeness (QED) is 0.509. The molecule has 1 saturated heterocycles. The molecule has 2 heterocycles. The van der Waals surface area contributed by atoms with Gasteiger partial charge in [-0.2, -0.15) is 0 Å². The second kappa shape index (κ2) is 7.43. The number of carbonyl (C=O) groups excluding carboxylic acids is 2. The first kappa shape index (κ1) is 18.2. The van der Waals surface area contributed by atoms with E-state index in [9.17, 15) is 9.59 Å². The molecular formula is C23H22N2O3. The lowest BCUT2D eigenvalue weighted by Gasteiger charge is -2.16. The van der Waals surface area contributed by atoms with Crippen LogP contribution in [0.15, 0.2) is 48.5 Å². The van der Waals surface area contributed by atoms with Crippen LogP contribution in [-0.2, 0) is 16.0 Å². The summed E-state index contributed by atoms with van der Waals surface area (Å²) < 4.78 is 5.57. The van der Waals surface area contributed by atoms with E-state index in [1.165, 1.54) is 0 Å². The third kappa shape index (κ3) is 3.48. The first-order valence-corrected chi connectivity index (χ1v) is 9.49. The largest absolute Gasteiger partial charge is 0.426 e. The van der Waals surface area contributed by atoms with Gasteiger partial charge in [-0.1, -0.05) is 24.3 Å². The number of para-hydroxylation sites is 1. The maximum atomic E-state index is 12.6. The van der Waals surface area contributed by atoms with Crippen molar-refractivity contribution in [1.82, 2.24) is 4.98 Å². The number of esters is 1. The number of ether oxygens (including phenoxy) is 1. The van der Waals surface area contributed by atoms with Crippen LogP contribution in [0.5, 0.6) is 5.75 Å². The van der Waals surface area contributed by atoms with Crippen LogP contribution < -0.4 is 9.64 Å². The molecule has 0 saturated carbocycles. The Balaban J connectivity index is 1.54. The molecule has 4 rings (SSSR count). The molecule has 1 aromatic heterocycles. The molecule has 0 radical (unpaired) electrons. The number of nitrogens with zero attached hydrogens (tertiary/aromatic N) is 2. The Hall–Kier alpha value is -3.21. The number of carbonyl (C=O) groups is 2. The molecule has 1 aliphatic rings. The second-order valence-corrected chi connectivity index (χ2v) is 7.12. The van der Waals surface area contributed by atoms with Crippen LogP contribution in [0.3, 0.4) is 0 Å². The average Bonchev–Trinajstić information content (AvgIpc) is 3.11. The van der Waals surface area contributed by atoms with Crippen molar-refractivity contribution < 1.29 is 14.3 Å². The van der Waals surface area contributed by atoms with E-state index in [0.717, 1.165) is 39.8 Å². The summed E-state index contributed by atoms with van der Waals surface area (Å²) in [5.74, 6) is 0.219. The van der Waals surface area contributed by atoms with Crippen LogP contribution in [0, 0.1) is 13.8 Å². The van der Waals surface area contributed by atoms with E-state index in [0.29, 0.717) is 18.7 Å². The Morgan fingerprint density at radius 1 is 1.14 bits per heavy atom. The number of anilines is 1. The molecule has 5 nitrogen and oxygen atoms in total. The van der Waals surface area contributed by atoms with Crippen molar-refractivity contribution in [3.63, 3.8) is 0 Å². The van der Waals surface area contributed by atoms with Crippen LogP contribution in [0.25, 0.3) is 10.9 Å². The predicted octanol–water partition coefficient (Wildman–Crippen LogP) is 4.13. The van der Waals surface area contributed by atoms with Crippen molar-refractivity contribution in [2.24, 2.45) is 0 Å². The topological polar surface area (TPSA) is 59.5 Å². The van der Waals surface area contributed by atoms with E-state index in [4.69, 9.17) is 4.74 Å². The van der Waals surface area contributed by atoms with Gasteiger partial charge in [-0.3, -0.25) is 14.6 Å². The van der Waals surface area contributed by atoms with E-state index >= 15 is 0 Å². The first-order chi connectivity index (χ1) is 13.5. The Bertz CT molecular complexity index is 1070. The van der Waals surface area contributed by atoms with Crippen LogP contribution in [0.1, 0.15) is 29.7 Å². The molecule has 5 heteroatoms. The molecule has 3 aromatic rings. The van der Waals surface area contributed by atoms with Crippen molar-refractivity contribution in [1.29, 1.82) is 0 Å². The summed E-state index contributed by atoms with van der Waals surface area (Å²) in [5, 5.41) is 1.05. The molecular weight excluding hydrogens is 352 g/mol. The van der Waals surface area contributed by atoms with Gasteiger partial charge in [-0.05, 0) is 49.6 Å². The monoisotopic (exact) mass is 374 g/mol. The lowest BCUT2D eigenvalue weighted by atomic mass is 10.00. The molecule has 0 aliphatic carbocycles. The van der Waals surface area contributed by atoms with E-state index in [2.05, 4.69) is 4.98 Å². The van der Waals surface area contributed by atoms with Crippen molar-refractivity contribution >= 4 is 28.5 Å². The fourth-order valence-corrected chi connectivity index (χ4v) is 3.78. The van der Waals surface area contributed by atoms with Crippen LogP contribution in [0.2, 0.25) is 0 Å². The predicted molar refractivity (Wildman–Crippen MR) is 109 cm³/mol. The van der Waals surface area contributed by atoms with E-state index in [1.54, 1.807) is 23.1 Å². The molecule has 0 spiro atoms. The van der Waals surface area contributed by atoms with E-state index in [-0.39, 0.29) is 18.3 Å². The Labute approximate surface area is 163 Å². The van der Waals surface area contributed by atoms with Gasteiger partial charge in [-0.25, -0.2) is 0 Å². The van der Waals surface area contributed by atoms with Gasteiger partial charge in [0.2, 0.25) is 5.91 Å². The minimum atomic E-state index is -0.340. The highest BCUT2D eigenvalue weighted by Gasteiger charge is 2.22. The van der Waals surface area contributed by atoms with Crippen molar-refractivity contribution in [2.75, 3.05) is 11.4 Å². The molecule has 2 aromatic carbocycles. The molecule has 0 unspecified atom stereocenters. The number of benzene rings is 2. The van der Waals surface area contributed by atoms with E-state index < -0.39 is 0 Å². The molecule has 0 N–H and O–H groups in total. The molecule has 142 valence electrons. The standard InChI is InChI=1S/C23H22N2O3/c1-15-19-9-3-4-10-21(19)24-16(2)20(15)14-23(27)28-18-8-5-7-17(13-18)25-12-6-11-22(25)26/h3-5,7-10,13H,6,11-12,14H2,1-2H3. The van der Waals surface area contributed by atoms with Crippen LogP contribution in [-0.4, -0.2) is 23.4 Å². The minimum Gasteiger partial charge on any atom is -0.426 e. The van der Waals surface area contributed by atoms with Gasteiger partial charge >= 0.3 is 5.97 Å². The van der Waals surface area contributed by atoms with Crippen LogP contribution in [0.4, 0.5) is 5.69 Å². The Morgan fingerprint density at radius 2 is 1.96 bits per heavy atom. The molecule has 0 bridgehead atoms. The van der Waals surface area contributed by atoms with Crippen molar-refractivity contribution in [2.45, 2.75) is 33.1 Å². The summed E-state index contributed by atoms with van der Waals surface area (Å²) in [5.41, 5.74) is 4.49. The smallest absolute Gasteiger partial charge is 0.315 e. The second-order valence-electron chi connectivity index (χ2n) is 7.12. The summed E-state index contributed by atoms with van der Waals surface area (Å²) in [6.07, 6.45) is 1.58. The van der Waals surface area contributed by atoms with Gasteiger partial charge in [0.15, 0.2) is 0 Å². The van der Waals surface area contributed by atoms with Gasteiger partial charge in [0.25, 0.3) is 0 Å². The van der Waals surface area contributed by atoms with Crippen LogP contribution >= 0.6 is 0 Å². The SMILES string of the molecule is Cc1nc2ccccc2c(C)c1CC(=O)Oc1cccc(N2CCCC2=O)c1. The number of aryl methyl sites for hydroxylation is 2. The molecule has 1 amide bonds. The molecule has 1 fully saturated rings. The summed E-state index contributed by atoms with van der Waals surface area (Å²) in [7, 11) is 0. The highest BCUT2D eigenvalue weighted by molar-refractivity contribution is 5.95. The lowest BCUT2D eigenvalue weighted by Crippen LogP contribution is -2.23. The van der Waals surface area contributed by atoms with Gasteiger partial charge < -0.3 is 9.64 Å². The highest BCUT2D eigenvalue weighted by atomic mass is 16.5. The zero-order chi connectivity index (χ0) is 19.7. The zero-order valence-corrected chi connectivity index (χ0v) is 16.1. The number of amides is 1. The zero-order valence-electron chi connectivity index (χ0n) is 16.1. The molecule has 1 aliphatic heterocycles. The summed E-state index contributed by atoms with van der Waals surface area (Å²) in [4.78, 5) is 30.9. The summed E-state index contributed by atoms with van der Waals surface area (Å²) >= 11 is 0. The van der Waals surface area contributed by atoms with Gasteiger partial charge in [-0.15, -0.1) is 0 Å². The minimum absolute atomic E-state index is 0.108. The third-order valence-electron chi connectivity index (χ3n) is 5.24. The van der Waals surface area contributed by atoms with Gasteiger partial charge in [0, 0.05) is 35.8 Å².